The van der Waals surface area contributed by atoms with Crippen LogP contribution in [0.3, 0.4) is 0 Å². The van der Waals surface area contributed by atoms with Crippen LogP contribution in [0.5, 0.6) is 23.0 Å². The molecule has 0 fully saturated rings. The molecule has 1 amide bonds. The summed E-state index contributed by atoms with van der Waals surface area (Å²) in [6, 6.07) is 10.5. The van der Waals surface area contributed by atoms with Gasteiger partial charge in [0.25, 0.3) is 5.91 Å². The molecule has 2 aromatic carbocycles. The lowest BCUT2D eigenvalue weighted by Gasteiger charge is -2.12. The summed E-state index contributed by atoms with van der Waals surface area (Å²) < 4.78 is 22.2. The SMILES string of the molecule is CCCOc1ccc(C(=O)N/N=C/c2ccc(OCCC)c(OCC)c2)cc1OC. The zero-order valence-corrected chi connectivity index (χ0v) is 18.1. The van der Waals surface area contributed by atoms with E-state index in [0.29, 0.717) is 48.4 Å². The van der Waals surface area contributed by atoms with Gasteiger partial charge in [0.05, 0.1) is 33.1 Å². The summed E-state index contributed by atoms with van der Waals surface area (Å²) in [6.45, 7) is 7.71. The number of hydrazone groups is 1. The van der Waals surface area contributed by atoms with E-state index < -0.39 is 0 Å². The van der Waals surface area contributed by atoms with Crippen LogP contribution in [-0.4, -0.2) is 39.1 Å². The Balaban J connectivity index is 2.05. The highest BCUT2D eigenvalue weighted by Gasteiger charge is 2.11. The highest BCUT2D eigenvalue weighted by Crippen LogP contribution is 2.29. The van der Waals surface area contributed by atoms with Crippen molar-refractivity contribution in [3.05, 3.63) is 47.5 Å². The molecule has 0 atom stereocenters. The Bertz CT molecular complexity index is 851. The van der Waals surface area contributed by atoms with Crippen LogP contribution in [-0.2, 0) is 0 Å². The van der Waals surface area contributed by atoms with Crippen LogP contribution in [0.2, 0.25) is 0 Å². The maximum absolute atomic E-state index is 12.4. The van der Waals surface area contributed by atoms with Gasteiger partial charge < -0.3 is 18.9 Å². The summed E-state index contributed by atoms with van der Waals surface area (Å²) in [7, 11) is 1.54. The highest BCUT2D eigenvalue weighted by atomic mass is 16.5. The lowest BCUT2D eigenvalue weighted by atomic mass is 10.2. The van der Waals surface area contributed by atoms with Crippen molar-refractivity contribution in [3.63, 3.8) is 0 Å². The molecule has 0 spiro atoms. The Labute approximate surface area is 178 Å². The molecule has 2 aromatic rings. The Hall–Kier alpha value is -3.22. The van der Waals surface area contributed by atoms with Gasteiger partial charge in [-0.3, -0.25) is 4.79 Å². The minimum Gasteiger partial charge on any atom is -0.493 e. The molecule has 162 valence electrons. The van der Waals surface area contributed by atoms with E-state index in [9.17, 15) is 4.79 Å². The molecule has 0 bridgehead atoms. The second kappa shape index (κ2) is 12.4. The van der Waals surface area contributed by atoms with Crippen molar-refractivity contribution in [1.82, 2.24) is 5.43 Å². The van der Waals surface area contributed by atoms with Gasteiger partial charge in [-0.05, 0) is 61.7 Å². The second-order valence-electron chi connectivity index (χ2n) is 6.40. The van der Waals surface area contributed by atoms with E-state index in [1.165, 1.54) is 7.11 Å². The maximum atomic E-state index is 12.4. The molecule has 0 heterocycles. The van der Waals surface area contributed by atoms with Gasteiger partial charge in [0.15, 0.2) is 23.0 Å². The van der Waals surface area contributed by atoms with Crippen LogP contribution in [0.4, 0.5) is 0 Å². The van der Waals surface area contributed by atoms with Crippen molar-refractivity contribution in [3.8, 4) is 23.0 Å². The van der Waals surface area contributed by atoms with Crippen LogP contribution in [0.1, 0.15) is 49.5 Å². The quantitative estimate of drug-likeness (QED) is 0.410. The number of hydrogen-bond donors (Lipinski definition) is 1. The zero-order valence-electron chi connectivity index (χ0n) is 18.1. The predicted octanol–water partition coefficient (Wildman–Crippen LogP) is 4.44. The summed E-state index contributed by atoms with van der Waals surface area (Å²) >= 11 is 0. The third kappa shape index (κ3) is 6.69. The molecule has 7 heteroatoms. The topological polar surface area (TPSA) is 78.4 Å². The average molecular weight is 415 g/mol. The van der Waals surface area contributed by atoms with Gasteiger partial charge in [-0.2, -0.15) is 5.10 Å². The summed E-state index contributed by atoms with van der Waals surface area (Å²) in [5, 5.41) is 4.05. The lowest BCUT2D eigenvalue weighted by Crippen LogP contribution is -2.17. The number of benzene rings is 2. The average Bonchev–Trinajstić information content (AvgIpc) is 2.77. The second-order valence-corrected chi connectivity index (χ2v) is 6.40. The Morgan fingerprint density at radius 2 is 1.57 bits per heavy atom. The minimum atomic E-state index is -0.348. The third-order valence-electron chi connectivity index (χ3n) is 4.00. The normalized spacial score (nSPS) is 10.7. The molecule has 2 rings (SSSR count). The molecular weight excluding hydrogens is 384 g/mol. The summed E-state index contributed by atoms with van der Waals surface area (Å²) in [5.41, 5.74) is 3.73. The van der Waals surface area contributed by atoms with E-state index in [-0.39, 0.29) is 5.91 Å². The Kier molecular flexibility index (Phi) is 9.51. The van der Waals surface area contributed by atoms with Gasteiger partial charge in [-0.1, -0.05) is 13.8 Å². The van der Waals surface area contributed by atoms with Crippen LogP contribution in [0.15, 0.2) is 41.5 Å². The first-order valence-electron chi connectivity index (χ1n) is 10.2. The lowest BCUT2D eigenvalue weighted by molar-refractivity contribution is 0.0954. The van der Waals surface area contributed by atoms with Crippen molar-refractivity contribution in [2.75, 3.05) is 26.9 Å². The Morgan fingerprint density at radius 1 is 0.900 bits per heavy atom. The van der Waals surface area contributed by atoms with Gasteiger partial charge in [0, 0.05) is 5.56 Å². The fourth-order valence-corrected chi connectivity index (χ4v) is 2.57. The molecule has 0 aliphatic heterocycles. The third-order valence-corrected chi connectivity index (χ3v) is 4.00. The number of methoxy groups -OCH3 is 1. The largest absolute Gasteiger partial charge is 0.493 e. The molecule has 0 saturated carbocycles. The number of carbonyl (C=O) groups is 1. The number of nitrogens with one attached hydrogen (secondary N) is 1. The fraction of sp³-hybridized carbons (Fsp3) is 0.391. The van der Waals surface area contributed by atoms with Crippen molar-refractivity contribution >= 4 is 12.1 Å². The van der Waals surface area contributed by atoms with Crippen molar-refractivity contribution in [2.45, 2.75) is 33.6 Å². The van der Waals surface area contributed by atoms with Gasteiger partial charge in [-0.25, -0.2) is 5.43 Å². The Morgan fingerprint density at radius 3 is 2.20 bits per heavy atom. The fourth-order valence-electron chi connectivity index (χ4n) is 2.57. The number of amides is 1. The van der Waals surface area contributed by atoms with E-state index in [1.807, 2.05) is 39.0 Å². The van der Waals surface area contributed by atoms with Gasteiger partial charge in [0.1, 0.15) is 0 Å². The van der Waals surface area contributed by atoms with E-state index in [0.717, 1.165) is 18.4 Å². The number of hydrogen-bond acceptors (Lipinski definition) is 6. The molecule has 0 aromatic heterocycles. The van der Waals surface area contributed by atoms with E-state index in [2.05, 4.69) is 10.5 Å². The van der Waals surface area contributed by atoms with Crippen LogP contribution in [0.25, 0.3) is 0 Å². The molecule has 0 unspecified atom stereocenters. The van der Waals surface area contributed by atoms with Crippen molar-refractivity contribution in [1.29, 1.82) is 0 Å². The number of rotatable bonds is 12. The summed E-state index contributed by atoms with van der Waals surface area (Å²) in [4.78, 5) is 12.4. The molecule has 7 nitrogen and oxygen atoms in total. The molecule has 30 heavy (non-hydrogen) atoms. The van der Waals surface area contributed by atoms with Gasteiger partial charge in [0.2, 0.25) is 0 Å². The van der Waals surface area contributed by atoms with Crippen LogP contribution >= 0.6 is 0 Å². The first-order valence-corrected chi connectivity index (χ1v) is 10.2. The first kappa shape index (κ1) is 23.1. The summed E-state index contributed by atoms with van der Waals surface area (Å²) in [6.07, 6.45) is 3.36. The van der Waals surface area contributed by atoms with E-state index in [4.69, 9.17) is 18.9 Å². The van der Waals surface area contributed by atoms with E-state index in [1.54, 1.807) is 24.4 Å². The molecule has 0 radical (unpaired) electrons. The summed E-state index contributed by atoms with van der Waals surface area (Å²) in [5.74, 6) is 2.10. The molecule has 1 N–H and O–H groups in total. The van der Waals surface area contributed by atoms with Crippen LogP contribution in [0, 0.1) is 0 Å². The minimum absolute atomic E-state index is 0.348. The smallest absolute Gasteiger partial charge is 0.271 e. The maximum Gasteiger partial charge on any atom is 0.271 e. The van der Waals surface area contributed by atoms with Gasteiger partial charge in [-0.15, -0.1) is 0 Å². The number of nitrogens with zero attached hydrogens (tertiary/aromatic N) is 1. The monoisotopic (exact) mass is 414 g/mol. The molecule has 0 aliphatic carbocycles. The predicted molar refractivity (Wildman–Crippen MR) is 117 cm³/mol. The van der Waals surface area contributed by atoms with Crippen LogP contribution < -0.4 is 24.4 Å². The van der Waals surface area contributed by atoms with Crippen molar-refractivity contribution < 1.29 is 23.7 Å². The molecule has 0 aliphatic rings. The number of carbonyl (C=O) groups excluding carboxylic acids is 1. The van der Waals surface area contributed by atoms with E-state index >= 15 is 0 Å². The zero-order chi connectivity index (χ0) is 21.8. The first-order chi connectivity index (χ1) is 14.6. The number of ether oxygens (including phenoxy) is 4. The standard InChI is InChI=1S/C23H30N2O5/c1-5-12-29-19-11-9-18(15-21(19)27-4)23(26)25-24-16-17-8-10-20(30-13-6-2)22(14-17)28-7-3/h8-11,14-16H,5-7,12-13H2,1-4H3,(H,25,26)/b24-16+. The van der Waals surface area contributed by atoms with Crippen molar-refractivity contribution in [2.24, 2.45) is 5.10 Å². The molecular formula is C23H30N2O5. The van der Waals surface area contributed by atoms with Gasteiger partial charge >= 0.3 is 0 Å². The molecule has 0 saturated heterocycles. The highest BCUT2D eigenvalue weighted by molar-refractivity contribution is 5.95.